The van der Waals surface area contributed by atoms with E-state index in [1.807, 2.05) is 86.3 Å². The topological polar surface area (TPSA) is 101 Å². The highest BCUT2D eigenvalue weighted by Gasteiger charge is 2.44. The number of hydrogen-bond acceptors (Lipinski definition) is 5. The van der Waals surface area contributed by atoms with E-state index in [4.69, 9.17) is 4.74 Å². The average Bonchev–Trinajstić information content (AvgIpc) is 3.41. The summed E-state index contributed by atoms with van der Waals surface area (Å²) in [5.74, 6) is 0.0118. The van der Waals surface area contributed by atoms with E-state index in [9.17, 15) is 14.4 Å². The van der Waals surface area contributed by atoms with E-state index in [-0.39, 0.29) is 23.7 Å². The number of hydrogen-bond donors (Lipinski definition) is 2. The van der Waals surface area contributed by atoms with Crippen LogP contribution in [0.3, 0.4) is 0 Å². The van der Waals surface area contributed by atoms with Gasteiger partial charge in [-0.15, -0.1) is 0 Å². The van der Waals surface area contributed by atoms with E-state index < -0.39 is 17.7 Å². The molecule has 41 heavy (non-hydrogen) atoms. The van der Waals surface area contributed by atoms with Gasteiger partial charge in [0, 0.05) is 42.2 Å². The molecule has 1 saturated carbocycles. The maximum atomic E-state index is 13.9. The number of likely N-dealkylation sites (tertiary alicyclic amines) is 1. The van der Waals surface area contributed by atoms with E-state index in [2.05, 4.69) is 15.6 Å². The number of nitrogens with zero attached hydrogens (tertiary/aromatic N) is 2. The second-order valence-corrected chi connectivity index (χ2v) is 12.3. The molecule has 8 heteroatoms. The molecule has 2 unspecified atom stereocenters. The van der Waals surface area contributed by atoms with Gasteiger partial charge in [-0.2, -0.15) is 0 Å². The van der Waals surface area contributed by atoms with Crippen LogP contribution in [0.5, 0.6) is 0 Å². The van der Waals surface area contributed by atoms with Crippen LogP contribution in [0.1, 0.15) is 64.4 Å². The first kappa shape index (κ1) is 28.6. The fourth-order valence-electron chi connectivity index (χ4n) is 6.17. The van der Waals surface area contributed by atoms with Crippen LogP contribution >= 0.6 is 0 Å². The Morgan fingerprint density at radius 3 is 2.44 bits per heavy atom. The Morgan fingerprint density at radius 1 is 0.951 bits per heavy atom. The zero-order valence-corrected chi connectivity index (χ0v) is 24.1. The number of fused-ring (bicyclic) bond motifs is 1. The van der Waals surface area contributed by atoms with Crippen molar-refractivity contribution in [3.63, 3.8) is 0 Å². The van der Waals surface area contributed by atoms with Crippen molar-refractivity contribution in [3.8, 4) is 0 Å². The average molecular weight is 557 g/mol. The van der Waals surface area contributed by atoms with E-state index in [0.29, 0.717) is 24.7 Å². The summed E-state index contributed by atoms with van der Waals surface area (Å²) in [5, 5.41) is 6.92. The Morgan fingerprint density at radius 2 is 1.71 bits per heavy atom. The van der Waals surface area contributed by atoms with Crippen molar-refractivity contribution in [2.45, 2.75) is 70.4 Å². The molecule has 2 aliphatic rings. The molecule has 1 aliphatic heterocycles. The lowest BCUT2D eigenvalue weighted by Gasteiger charge is -2.34. The summed E-state index contributed by atoms with van der Waals surface area (Å²) in [6.45, 7) is 6.63. The number of rotatable bonds is 6. The van der Waals surface area contributed by atoms with Gasteiger partial charge < -0.3 is 20.3 Å². The minimum atomic E-state index is -0.582. The van der Waals surface area contributed by atoms with Crippen molar-refractivity contribution in [2.24, 2.45) is 11.8 Å². The number of aromatic nitrogens is 1. The molecule has 3 amide bonds. The quantitative estimate of drug-likeness (QED) is 0.394. The van der Waals surface area contributed by atoms with Gasteiger partial charge in [0.15, 0.2) is 0 Å². The van der Waals surface area contributed by atoms with Crippen LogP contribution in [0, 0.1) is 11.8 Å². The number of alkyl carbamates (subject to hydrolysis) is 1. The third-order valence-electron chi connectivity index (χ3n) is 8.18. The highest BCUT2D eigenvalue weighted by Crippen LogP contribution is 2.38. The van der Waals surface area contributed by atoms with Crippen molar-refractivity contribution < 1.29 is 19.1 Å². The number of carbonyl (C=O) groups excluding carboxylic acids is 3. The van der Waals surface area contributed by atoms with E-state index in [0.717, 1.165) is 48.6 Å². The Bertz CT molecular complexity index is 1380. The summed E-state index contributed by atoms with van der Waals surface area (Å²) in [5.41, 5.74) is 2.10. The van der Waals surface area contributed by atoms with Gasteiger partial charge in [-0.05, 0) is 88.6 Å². The largest absolute Gasteiger partial charge is 0.444 e. The minimum Gasteiger partial charge on any atom is -0.444 e. The van der Waals surface area contributed by atoms with Crippen LogP contribution in [0.25, 0.3) is 10.9 Å². The molecule has 216 valence electrons. The summed E-state index contributed by atoms with van der Waals surface area (Å²) in [6, 6.07) is 19.0. The van der Waals surface area contributed by atoms with Gasteiger partial charge in [-0.3, -0.25) is 14.6 Å². The first-order chi connectivity index (χ1) is 19.7. The Labute approximate surface area is 241 Å². The highest BCUT2D eigenvalue weighted by atomic mass is 16.6. The molecular formula is C33H40N4O4. The van der Waals surface area contributed by atoms with Gasteiger partial charge in [-0.25, -0.2) is 4.79 Å². The lowest BCUT2D eigenvalue weighted by atomic mass is 9.81. The van der Waals surface area contributed by atoms with Crippen molar-refractivity contribution >= 4 is 34.5 Å². The lowest BCUT2D eigenvalue weighted by molar-refractivity contribution is -0.141. The van der Waals surface area contributed by atoms with E-state index >= 15 is 0 Å². The zero-order valence-electron chi connectivity index (χ0n) is 24.1. The summed E-state index contributed by atoms with van der Waals surface area (Å²) < 4.78 is 5.35. The Balaban J connectivity index is 1.26. The van der Waals surface area contributed by atoms with Gasteiger partial charge in [0.05, 0.1) is 5.52 Å². The number of ether oxygens (including phenoxy) is 1. The predicted octanol–water partition coefficient (Wildman–Crippen LogP) is 5.89. The summed E-state index contributed by atoms with van der Waals surface area (Å²) in [7, 11) is 0. The third kappa shape index (κ3) is 7.04. The van der Waals surface area contributed by atoms with Crippen LogP contribution in [0.4, 0.5) is 10.5 Å². The molecule has 0 bridgehead atoms. The molecule has 0 spiro atoms. The van der Waals surface area contributed by atoms with E-state index in [1.54, 1.807) is 6.20 Å². The maximum Gasteiger partial charge on any atom is 0.407 e. The number of pyridine rings is 1. The van der Waals surface area contributed by atoms with E-state index in [1.165, 1.54) is 0 Å². The minimum absolute atomic E-state index is 0.0600. The lowest BCUT2D eigenvalue weighted by Crippen LogP contribution is -2.48. The third-order valence-corrected chi connectivity index (χ3v) is 8.18. The SMILES string of the molecule is CC(C)(C)OC(=O)NCC1CCC(C(=O)N2CCC(c3ccccc3)C2C(=O)Nc2ccc3ncccc3c2)CC1. The maximum absolute atomic E-state index is 13.9. The first-order valence-electron chi connectivity index (χ1n) is 14.7. The van der Waals surface area contributed by atoms with Crippen molar-refractivity contribution in [1.29, 1.82) is 0 Å². The molecule has 0 radical (unpaired) electrons. The summed E-state index contributed by atoms with van der Waals surface area (Å²) >= 11 is 0. The monoisotopic (exact) mass is 556 g/mol. The first-order valence-corrected chi connectivity index (χ1v) is 14.7. The van der Waals surface area contributed by atoms with Gasteiger partial charge in [-0.1, -0.05) is 36.4 Å². The van der Waals surface area contributed by atoms with Crippen molar-refractivity contribution in [3.05, 3.63) is 72.4 Å². The van der Waals surface area contributed by atoms with Gasteiger partial charge in [0.1, 0.15) is 11.6 Å². The number of benzene rings is 2. The second-order valence-electron chi connectivity index (χ2n) is 12.3. The van der Waals surface area contributed by atoms with Crippen molar-refractivity contribution in [2.75, 3.05) is 18.4 Å². The van der Waals surface area contributed by atoms with Crippen LogP contribution < -0.4 is 10.6 Å². The molecule has 2 N–H and O–H groups in total. The summed E-state index contributed by atoms with van der Waals surface area (Å²) in [6.07, 6.45) is 5.28. The molecule has 3 aromatic rings. The van der Waals surface area contributed by atoms with Gasteiger partial charge in [0.2, 0.25) is 11.8 Å². The number of carbonyl (C=O) groups is 3. The van der Waals surface area contributed by atoms with Crippen LogP contribution in [0.15, 0.2) is 66.9 Å². The van der Waals surface area contributed by atoms with Gasteiger partial charge >= 0.3 is 6.09 Å². The molecular weight excluding hydrogens is 516 g/mol. The van der Waals surface area contributed by atoms with Gasteiger partial charge in [0.25, 0.3) is 0 Å². The number of nitrogens with one attached hydrogen (secondary N) is 2. The number of amides is 3. The smallest absolute Gasteiger partial charge is 0.407 e. The molecule has 8 nitrogen and oxygen atoms in total. The van der Waals surface area contributed by atoms with Crippen LogP contribution in [-0.2, 0) is 14.3 Å². The standard InChI is InChI=1S/C33H40N4O4/c1-33(2,3)41-32(40)35-21-22-11-13-24(14-12-22)31(39)37-19-17-27(23-8-5-4-6-9-23)29(37)30(38)36-26-15-16-28-25(20-26)10-7-18-34-28/h4-10,15-16,18,20,22,24,27,29H,11-14,17,19,21H2,1-3H3,(H,35,40)(H,36,38). The molecule has 1 aliphatic carbocycles. The molecule has 5 rings (SSSR count). The zero-order chi connectivity index (χ0) is 29.0. The number of anilines is 1. The molecule has 1 aromatic heterocycles. The summed E-state index contributed by atoms with van der Waals surface area (Å²) in [4.78, 5) is 46.0. The van der Waals surface area contributed by atoms with Crippen molar-refractivity contribution in [1.82, 2.24) is 15.2 Å². The molecule has 2 atom stereocenters. The molecule has 2 aromatic carbocycles. The molecule has 2 fully saturated rings. The Hall–Kier alpha value is -3.94. The van der Waals surface area contributed by atoms with Crippen LogP contribution in [0.2, 0.25) is 0 Å². The van der Waals surface area contributed by atoms with Crippen LogP contribution in [-0.4, -0.2) is 52.5 Å². The fourth-order valence-corrected chi connectivity index (χ4v) is 6.17. The molecule has 1 saturated heterocycles. The predicted molar refractivity (Wildman–Crippen MR) is 159 cm³/mol. The second kappa shape index (κ2) is 12.3. The Kier molecular flexibility index (Phi) is 8.57. The fraction of sp³-hybridized carbons (Fsp3) is 0.455. The normalized spacial score (nSPS) is 22.8. The highest BCUT2D eigenvalue weighted by molar-refractivity contribution is 6.00. The molecule has 2 heterocycles.